The molecule has 0 aliphatic rings. The molecule has 2 rings (SSSR count). The van der Waals surface area contributed by atoms with Crippen molar-refractivity contribution in [2.24, 2.45) is 0 Å². The predicted molar refractivity (Wildman–Crippen MR) is 70.3 cm³/mol. The monoisotopic (exact) mass is 211 g/mol. The highest BCUT2D eigenvalue weighted by molar-refractivity contribution is 5.60. The van der Waals surface area contributed by atoms with Crippen molar-refractivity contribution in [3.63, 3.8) is 0 Å². The third-order valence-corrected chi connectivity index (χ3v) is 2.79. The minimum absolute atomic E-state index is 1.08. The molecule has 1 heteroatoms. The summed E-state index contributed by atoms with van der Waals surface area (Å²) < 4.78 is 0. The Morgan fingerprint density at radius 3 is 2.38 bits per heavy atom. The Balaban J connectivity index is 2.22. The third kappa shape index (κ3) is 2.43. The van der Waals surface area contributed by atoms with Crippen LogP contribution in [0.25, 0.3) is 0 Å². The van der Waals surface area contributed by atoms with E-state index in [0.29, 0.717) is 0 Å². The summed E-state index contributed by atoms with van der Waals surface area (Å²) >= 11 is 0. The molecule has 0 heterocycles. The number of hydrogen-bond acceptors (Lipinski definition) is 1. The fraction of sp³-hybridized carbons (Fsp3) is 0.200. The second-order valence-corrected chi connectivity index (χ2v) is 3.99. The van der Waals surface area contributed by atoms with E-state index in [-0.39, 0.29) is 0 Å². The van der Waals surface area contributed by atoms with Crippen molar-refractivity contribution in [2.75, 3.05) is 5.32 Å². The van der Waals surface area contributed by atoms with E-state index in [1.54, 1.807) is 0 Å². The van der Waals surface area contributed by atoms with E-state index in [4.69, 9.17) is 0 Å². The molecule has 0 atom stereocenters. The predicted octanol–water partition coefficient (Wildman–Crippen LogP) is 4.30. The van der Waals surface area contributed by atoms with Gasteiger partial charge in [-0.3, -0.25) is 0 Å². The van der Waals surface area contributed by atoms with E-state index < -0.39 is 0 Å². The molecular weight excluding hydrogens is 194 g/mol. The van der Waals surface area contributed by atoms with Gasteiger partial charge in [-0.1, -0.05) is 31.2 Å². The van der Waals surface area contributed by atoms with Gasteiger partial charge in [-0.25, -0.2) is 0 Å². The largest absolute Gasteiger partial charge is 0.356 e. The van der Waals surface area contributed by atoms with Crippen molar-refractivity contribution in [1.29, 1.82) is 0 Å². The smallest absolute Gasteiger partial charge is 0.0387 e. The Hall–Kier alpha value is -1.76. The van der Waals surface area contributed by atoms with Gasteiger partial charge in [-0.05, 0) is 48.7 Å². The molecule has 0 saturated heterocycles. The first-order chi connectivity index (χ1) is 7.79. The summed E-state index contributed by atoms with van der Waals surface area (Å²) in [5.41, 5.74) is 5.06. The SMILES string of the molecule is CCc1cc(Nc2ccccc2)ccc1C. The topological polar surface area (TPSA) is 12.0 Å². The number of nitrogens with one attached hydrogen (secondary N) is 1. The van der Waals surface area contributed by atoms with E-state index in [1.165, 1.54) is 11.1 Å². The third-order valence-electron chi connectivity index (χ3n) is 2.79. The van der Waals surface area contributed by atoms with Gasteiger partial charge < -0.3 is 5.32 Å². The molecule has 0 bridgehead atoms. The number of benzene rings is 2. The molecular formula is C15H17N. The van der Waals surface area contributed by atoms with E-state index >= 15 is 0 Å². The zero-order valence-electron chi connectivity index (χ0n) is 9.83. The zero-order valence-corrected chi connectivity index (χ0v) is 9.83. The zero-order chi connectivity index (χ0) is 11.4. The lowest BCUT2D eigenvalue weighted by Gasteiger charge is -2.09. The normalized spacial score (nSPS) is 10.1. The number of anilines is 2. The molecule has 1 nitrogen and oxygen atoms in total. The van der Waals surface area contributed by atoms with E-state index in [9.17, 15) is 0 Å². The van der Waals surface area contributed by atoms with Crippen molar-refractivity contribution in [1.82, 2.24) is 0 Å². The van der Waals surface area contributed by atoms with Crippen LogP contribution in [-0.2, 0) is 6.42 Å². The lowest BCUT2D eigenvalue weighted by atomic mass is 10.1. The Morgan fingerprint density at radius 2 is 1.69 bits per heavy atom. The van der Waals surface area contributed by atoms with Crippen molar-refractivity contribution in [2.45, 2.75) is 20.3 Å². The van der Waals surface area contributed by atoms with Gasteiger partial charge >= 0.3 is 0 Å². The van der Waals surface area contributed by atoms with Crippen LogP contribution in [0.4, 0.5) is 11.4 Å². The van der Waals surface area contributed by atoms with Crippen LogP contribution in [0.1, 0.15) is 18.1 Å². The lowest BCUT2D eigenvalue weighted by molar-refractivity contribution is 1.11. The van der Waals surface area contributed by atoms with E-state index in [2.05, 4.69) is 49.5 Å². The summed E-state index contributed by atoms with van der Waals surface area (Å²) in [7, 11) is 0. The highest BCUT2D eigenvalue weighted by atomic mass is 14.9. The average molecular weight is 211 g/mol. The molecule has 1 N–H and O–H groups in total. The fourth-order valence-corrected chi connectivity index (χ4v) is 1.82. The van der Waals surface area contributed by atoms with Crippen LogP contribution in [-0.4, -0.2) is 0 Å². The van der Waals surface area contributed by atoms with Crippen LogP contribution < -0.4 is 5.32 Å². The van der Waals surface area contributed by atoms with E-state index in [0.717, 1.165) is 17.8 Å². The first-order valence-corrected chi connectivity index (χ1v) is 5.71. The van der Waals surface area contributed by atoms with E-state index in [1.807, 2.05) is 18.2 Å². The number of aryl methyl sites for hydroxylation is 2. The molecule has 0 aromatic heterocycles. The maximum atomic E-state index is 3.41. The minimum atomic E-state index is 1.08. The molecule has 82 valence electrons. The van der Waals surface area contributed by atoms with Crippen LogP contribution in [0.15, 0.2) is 48.5 Å². The Morgan fingerprint density at radius 1 is 0.938 bits per heavy atom. The van der Waals surface area contributed by atoms with Crippen LogP contribution in [0.2, 0.25) is 0 Å². The van der Waals surface area contributed by atoms with Gasteiger partial charge in [0.15, 0.2) is 0 Å². The summed E-state index contributed by atoms with van der Waals surface area (Å²) in [6.45, 7) is 4.35. The van der Waals surface area contributed by atoms with Crippen LogP contribution in [0.3, 0.4) is 0 Å². The Labute approximate surface area is 97.1 Å². The van der Waals surface area contributed by atoms with Crippen molar-refractivity contribution in [3.05, 3.63) is 59.7 Å². The van der Waals surface area contributed by atoms with Gasteiger partial charge in [0, 0.05) is 11.4 Å². The molecule has 2 aromatic carbocycles. The Bertz CT molecular complexity index is 460. The lowest BCUT2D eigenvalue weighted by Crippen LogP contribution is -1.93. The molecule has 0 aliphatic carbocycles. The summed E-state index contributed by atoms with van der Waals surface area (Å²) in [6.07, 6.45) is 1.08. The molecule has 0 fully saturated rings. The fourth-order valence-electron chi connectivity index (χ4n) is 1.82. The summed E-state index contributed by atoms with van der Waals surface area (Å²) in [6, 6.07) is 16.8. The molecule has 0 amide bonds. The molecule has 2 aromatic rings. The Kier molecular flexibility index (Phi) is 3.25. The van der Waals surface area contributed by atoms with Crippen molar-refractivity contribution < 1.29 is 0 Å². The molecule has 0 saturated carbocycles. The van der Waals surface area contributed by atoms with Crippen molar-refractivity contribution in [3.8, 4) is 0 Å². The first kappa shape index (κ1) is 10.7. The number of rotatable bonds is 3. The highest BCUT2D eigenvalue weighted by Gasteiger charge is 1.98. The average Bonchev–Trinajstić information content (AvgIpc) is 2.33. The second kappa shape index (κ2) is 4.84. The quantitative estimate of drug-likeness (QED) is 0.798. The van der Waals surface area contributed by atoms with Crippen LogP contribution in [0.5, 0.6) is 0 Å². The van der Waals surface area contributed by atoms with Gasteiger partial charge in [-0.15, -0.1) is 0 Å². The van der Waals surface area contributed by atoms with Gasteiger partial charge in [0.2, 0.25) is 0 Å². The maximum absolute atomic E-state index is 3.41. The van der Waals surface area contributed by atoms with Crippen LogP contribution in [0, 0.1) is 6.92 Å². The van der Waals surface area contributed by atoms with Gasteiger partial charge in [0.1, 0.15) is 0 Å². The van der Waals surface area contributed by atoms with Gasteiger partial charge in [0.05, 0.1) is 0 Å². The van der Waals surface area contributed by atoms with Crippen LogP contribution >= 0.6 is 0 Å². The molecule has 0 aliphatic heterocycles. The standard InChI is InChI=1S/C15H17N/c1-3-13-11-15(10-9-12(13)2)16-14-7-5-4-6-8-14/h4-11,16H,3H2,1-2H3. The molecule has 0 spiro atoms. The second-order valence-electron chi connectivity index (χ2n) is 3.99. The molecule has 16 heavy (non-hydrogen) atoms. The highest BCUT2D eigenvalue weighted by Crippen LogP contribution is 2.19. The summed E-state index contributed by atoms with van der Waals surface area (Å²) in [5.74, 6) is 0. The van der Waals surface area contributed by atoms with Gasteiger partial charge in [0.25, 0.3) is 0 Å². The summed E-state index contributed by atoms with van der Waals surface area (Å²) in [5, 5.41) is 3.41. The maximum Gasteiger partial charge on any atom is 0.0387 e. The molecule has 0 unspecified atom stereocenters. The molecule has 0 radical (unpaired) electrons. The summed E-state index contributed by atoms with van der Waals surface area (Å²) in [4.78, 5) is 0. The number of para-hydroxylation sites is 1. The first-order valence-electron chi connectivity index (χ1n) is 5.71. The number of hydrogen-bond donors (Lipinski definition) is 1. The van der Waals surface area contributed by atoms with Crippen molar-refractivity contribution >= 4 is 11.4 Å². The minimum Gasteiger partial charge on any atom is -0.356 e. The van der Waals surface area contributed by atoms with Gasteiger partial charge in [-0.2, -0.15) is 0 Å².